The van der Waals surface area contributed by atoms with Gasteiger partial charge in [-0.15, -0.1) is 0 Å². The molecular weight excluding hydrogens is 330 g/mol. The van der Waals surface area contributed by atoms with Crippen molar-refractivity contribution >= 4 is 5.91 Å². The normalized spacial score (nSPS) is 15.2. The summed E-state index contributed by atoms with van der Waals surface area (Å²) in [4.78, 5) is 12.7. The van der Waals surface area contributed by atoms with Crippen LogP contribution >= 0.6 is 0 Å². The molecule has 2 aromatic heterocycles. The first-order valence-electron chi connectivity index (χ1n) is 8.37. The number of furan rings is 1. The van der Waals surface area contributed by atoms with Crippen molar-refractivity contribution in [1.82, 2.24) is 9.88 Å². The third-order valence-corrected chi connectivity index (χ3v) is 4.45. The van der Waals surface area contributed by atoms with Gasteiger partial charge in [0.15, 0.2) is 0 Å². The molecule has 0 aliphatic carbocycles. The quantitative estimate of drug-likeness (QED) is 0.787. The Labute approximate surface area is 150 Å². The number of carbonyl (C=O) groups is 1. The molecule has 1 aliphatic rings. The Balaban J connectivity index is 1.50. The minimum absolute atomic E-state index is 0.113. The number of hydrogen-bond donors (Lipinski definition) is 1. The van der Waals surface area contributed by atoms with E-state index in [0.29, 0.717) is 18.2 Å². The van der Waals surface area contributed by atoms with Crippen LogP contribution in [-0.4, -0.2) is 23.1 Å². The average molecular weight is 347 g/mol. The average Bonchev–Trinajstić information content (AvgIpc) is 3.36. The van der Waals surface area contributed by atoms with Crippen LogP contribution in [0.2, 0.25) is 0 Å². The number of nitriles is 1. The first-order valence-corrected chi connectivity index (χ1v) is 8.37. The standard InChI is InChI=1S/C20H17N3O3/c1-13-18(16(11-21)20(25-13)23-8-4-5-9-23)19(24)22-12-15-10-14-6-2-3-7-17(14)26-15/h2-9,15H,10,12H2,1H3,(H,22,24)/t15-/m0/s1. The number of carbonyl (C=O) groups excluding carboxylic acids is 1. The van der Waals surface area contributed by atoms with Crippen LogP contribution in [0, 0.1) is 18.3 Å². The maximum atomic E-state index is 12.7. The summed E-state index contributed by atoms with van der Waals surface area (Å²) in [6.07, 6.45) is 4.17. The topological polar surface area (TPSA) is 80.2 Å². The predicted octanol–water partition coefficient (Wildman–Crippen LogP) is 2.98. The third-order valence-electron chi connectivity index (χ3n) is 4.45. The lowest BCUT2D eigenvalue weighted by atomic mass is 10.1. The zero-order chi connectivity index (χ0) is 18.1. The van der Waals surface area contributed by atoms with Gasteiger partial charge in [-0.25, -0.2) is 0 Å². The van der Waals surface area contributed by atoms with Crippen LogP contribution in [0.25, 0.3) is 5.88 Å². The number of ether oxygens (including phenoxy) is 1. The fourth-order valence-electron chi connectivity index (χ4n) is 3.22. The molecule has 3 aromatic rings. The lowest BCUT2D eigenvalue weighted by molar-refractivity contribution is 0.0932. The number of para-hydroxylation sites is 1. The van der Waals surface area contributed by atoms with Gasteiger partial charge in [0.25, 0.3) is 5.91 Å². The van der Waals surface area contributed by atoms with Crippen molar-refractivity contribution in [2.75, 3.05) is 6.54 Å². The summed E-state index contributed by atoms with van der Waals surface area (Å²) in [7, 11) is 0. The second-order valence-electron chi connectivity index (χ2n) is 6.18. The number of aryl methyl sites for hydroxylation is 1. The molecule has 0 saturated heterocycles. The van der Waals surface area contributed by atoms with Gasteiger partial charge in [0.1, 0.15) is 34.8 Å². The summed E-state index contributed by atoms with van der Waals surface area (Å²) >= 11 is 0. The zero-order valence-corrected chi connectivity index (χ0v) is 14.2. The van der Waals surface area contributed by atoms with Crippen LogP contribution < -0.4 is 10.1 Å². The molecule has 130 valence electrons. The molecule has 26 heavy (non-hydrogen) atoms. The van der Waals surface area contributed by atoms with Crippen molar-refractivity contribution in [3.63, 3.8) is 0 Å². The molecule has 0 radical (unpaired) electrons. The number of hydrogen-bond acceptors (Lipinski definition) is 4. The number of benzene rings is 1. The van der Waals surface area contributed by atoms with E-state index >= 15 is 0 Å². The molecule has 0 spiro atoms. The molecule has 0 unspecified atom stereocenters. The van der Waals surface area contributed by atoms with Crippen molar-refractivity contribution < 1.29 is 13.9 Å². The minimum Gasteiger partial charge on any atom is -0.488 e. The van der Waals surface area contributed by atoms with Gasteiger partial charge in [0.2, 0.25) is 5.88 Å². The number of nitrogens with one attached hydrogen (secondary N) is 1. The van der Waals surface area contributed by atoms with E-state index in [9.17, 15) is 10.1 Å². The molecule has 1 N–H and O–H groups in total. The maximum absolute atomic E-state index is 12.7. The van der Waals surface area contributed by atoms with Crippen molar-refractivity contribution in [3.05, 3.63) is 71.2 Å². The highest BCUT2D eigenvalue weighted by Crippen LogP contribution is 2.28. The smallest absolute Gasteiger partial charge is 0.256 e. The van der Waals surface area contributed by atoms with E-state index in [1.807, 2.05) is 36.4 Å². The predicted molar refractivity (Wildman–Crippen MR) is 94.4 cm³/mol. The molecule has 3 heterocycles. The molecule has 1 aliphatic heterocycles. The highest BCUT2D eigenvalue weighted by atomic mass is 16.5. The lowest BCUT2D eigenvalue weighted by Crippen LogP contribution is -2.34. The van der Waals surface area contributed by atoms with Crippen molar-refractivity contribution in [1.29, 1.82) is 5.26 Å². The fourth-order valence-corrected chi connectivity index (χ4v) is 3.22. The summed E-state index contributed by atoms with van der Waals surface area (Å²) < 4.78 is 13.2. The second kappa shape index (κ2) is 6.45. The van der Waals surface area contributed by atoms with Crippen LogP contribution in [0.3, 0.4) is 0 Å². The fraction of sp³-hybridized carbons (Fsp3) is 0.200. The van der Waals surface area contributed by atoms with Crippen LogP contribution in [0.4, 0.5) is 0 Å². The van der Waals surface area contributed by atoms with Crippen LogP contribution in [0.15, 0.2) is 53.2 Å². The van der Waals surface area contributed by atoms with Gasteiger partial charge in [0.05, 0.1) is 6.54 Å². The van der Waals surface area contributed by atoms with Crippen molar-refractivity contribution in [2.24, 2.45) is 0 Å². The molecule has 0 saturated carbocycles. The van der Waals surface area contributed by atoms with Gasteiger partial charge in [-0.05, 0) is 30.7 Å². The highest BCUT2D eigenvalue weighted by Gasteiger charge is 2.27. The SMILES string of the molecule is Cc1oc(-n2cccc2)c(C#N)c1C(=O)NC[C@@H]1Cc2ccccc2O1. The Kier molecular flexibility index (Phi) is 3.98. The summed E-state index contributed by atoms with van der Waals surface area (Å²) in [6, 6.07) is 13.6. The molecule has 4 rings (SSSR count). The summed E-state index contributed by atoms with van der Waals surface area (Å²) in [5.41, 5.74) is 1.64. The van der Waals surface area contributed by atoms with Crippen molar-refractivity contribution in [3.8, 4) is 17.7 Å². The summed E-state index contributed by atoms with van der Waals surface area (Å²) in [5.74, 6) is 1.29. The lowest BCUT2D eigenvalue weighted by Gasteiger charge is -2.11. The number of nitrogens with zero attached hydrogens (tertiary/aromatic N) is 2. The van der Waals surface area contributed by atoms with Crippen LogP contribution in [0.5, 0.6) is 5.75 Å². The van der Waals surface area contributed by atoms with E-state index in [1.54, 1.807) is 23.9 Å². The third kappa shape index (κ3) is 2.74. The monoisotopic (exact) mass is 347 g/mol. The molecule has 1 aromatic carbocycles. The highest BCUT2D eigenvalue weighted by molar-refractivity contribution is 5.98. The maximum Gasteiger partial charge on any atom is 0.256 e. The molecular formula is C20H17N3O3. The summed E-state index contributed by atoms with van der Waals surface area (Å²) in [5, 5.41) is 12.4. The van der Waals surface area contributed by atoms with Crippen LogP contribution in [0.1, 0.15) is 27.2 Å². The van der Waals surface area contributed by atoms with E-state index in [4.69, 9.17) is 9.15 Å². The molecule has 1 atom stereocenters. The van der Waals surface area contributed by atoms with Crippen LogP contribution in [-0.2, 0) is 6.42 Å². The molecule has 6 nitrogen and oxygen atoms in total. The van der Waals surface area contributed by atoms with E-state index in [2.05, 4.69) is 11.4 Å². The molecule has 0 fully saturated rings. The number of rotatable bonds is 4. The Hall–Kier alpha value is -3.46. The van der Waals surface area contributed by atoms with Gasteiger partial charge in [0, 0.05) is 18.8 Å². The van der Waals surface area contributed by atoms with Gasteiger partial charge < -0.3 is 14.5 Å². The zero-order valence-electron chi connectivity index (χ0n) is 14.2. The minimum atomic E-state index is -0.333. The summed E-state index contributed by atoms with van der Waals surface area (Å²) in [6.45, 7) is 2.05. The van der Waals surface area contributed by atoms with Gasteiger partial charge in [-0.2, -0.15) is 5.26 Å². The van der Waals surface area contributed by atoms with E-state index < -0.39 is 0 Å². The molecule has 6 heteroatoms. The van der Waals surface area contributed by atoms with E-state index in [0.717, 1.165) is 17.7 Å². The Bertz CT molecular complexity index is 971. The number of aromatic nitrogens is 1. The first kappa shape index (κ1) is 16.0. The van der Waals surface area contributed by atoms with Gasteiger partial charge in [-0.3, -0.25) is 9.36 Å². The largest absolute Gasteiger partial charge is 0.488 e. The Morgan fingerprint density at radius 1 is 1.31 bits per heavy atom. The number of fused-ring (bicyclic) bond motifs is 1. The molecule has 0 bridgehead atoms. The van der Waals surface area contributed by atoms with Gasteiger partial charge in [-0.1, -0.05) is 18.2 Å². The van der Waals surface area contributed by atoms with Gasteiger partial charge >= 0.3 is 0 Å². The molecule has 1 amide bonds. The second-order valence-corrected chi connectivity index (χ2v) is 6.18. The van der Waals surface area contributed by atoms with E-state index in [1.165, 1.54) is 0 Å². The van der Waals surface area contributed by atoms with E-state index in [-0.39, 0.29) is 23.1 Å². The first-order chi connectivity index (χ1) is 12.7. The van der Waals surface area contributed by atoms with Crippen molar-refractivity contribution in [2.45, 2.75) is 19.4 Å². The Morgan fingerprint density at radius 3 is 2.81 bits per heavy atom. The number of amides is 1. The Morgan fingerprint density at radius 2 is 2.08 bits per heavy atom.